The Morgan fingerprint density at radius 2 is 2.18 bits per heavy atom. The van der Waals surface area contributed by atoms with Gasteiger partial charge in [-0.25, -0.2) is 9.59 Å². The number of fused-ring (bicyclic) bond motifs is 1. The van der Waals surface area contributed by atoms with Crippen molar-refractivity contribution in [3.63, 3.8) is 0 Å². The zero-order valence-electron chi connectivity index (χ0n) is 11.3. The van der Waals surface area contributed by atoms with Crippen LogP contribution < -0.4 is 5.73 Å². The monoisotopic (exact) mass is 349 g/mol. The third-order valence-electron chi connectivity index (χ3n) is 3.10. The zero-order valence-corrected chi connectivity index (χ0v) is 12.9. The molecule has 2 heterocycles. The van der Waals surface area contributed by atoms with E-state index in [2.05, 4.69) is 0 Å². The summed E-state index contributed by atoms with van der Waals surface area (Å²) < 4.78 is 5.03. The van der Waals surface area contributed by atoms with Gasteiger partial charge in [0.05, 0.1) is 0 Å². The number of carboxylic acids is 1. The Labute approximate surface area is 134 Å². The van der Waals surface area contributed by atoms with E-state index in [0.717, 1.165) is 11.8 Å². The number of carbonyl (C=O) groups excluding carboxylic acids is 3. The quantitative estimate of drug-likeness (QED) is 0.525. The van der Waals surface area contributed by atoms with Crippen molar-refractivity contribution >= 4 is 47.4 Å². The second-order valence-corrected chi connectivity index (χ2v) is 5.99. The third-order valence-corrected chi connectivity index (χ3v) is 4.83. The first-order chi connectivity index (χ1) is 10.3. The fourth-order valence-electron chi connectivity index (χ4n) is 2.03. The van der Waals surface area contributed by atoms with Gasteiger partial charge >= 0.3 is 12.1 Å². The number of carboxylic acid groups (broad SMARTS) is 1. The molecule has 0 aromatic carbocycles. The van der Waals surface area contributed by atoms with Crippen molar-refractivity contribution in [2.75, 3.05) is 12.4 Å². The first kappa shape index (κ1) is 16.6. The van der Waals surface area contributed by atoms with Gasteiger partial charge in [-0.15, -0.1) is 11.8 Å². The van der Waals surface area contributed by atoms with Crippen molar-refractivity contribution in [2.45, 2.75) is 18.3 Å². The van der Waals surface area contributed by atoms with Crippen molar-refractivity contribution in [2.24, 2.45) is 5.73 Å². The molecule has 120 valence electrons. The second kappa shape index (κ2) is 6.15. The lowest BCUT2D eigenvalue weighted by Gasteiger charge is -2.47. The summed E-state index contributed by atoms with van der Waals surface area (Å²) in [6.07, 6.45) is -1.12. The van der Waals surface area contributed by atoms with Crippen molar-refractivity contribution in [1.29, 1.82) is 0 Å². The van der Waals surface area contributed by atoms with E-state index in [1.54, 1.807) is 0 Å². The minimum atomic E-state index is -1.31. The molecule has 1 fully saturated rings. The van der Waals surface area contributed by atoms with E-state index in [-0.39, 0.29) is 21.4 Å². The van der Waals surface area contributed by atoms with E-state index in [1.165, 1.54) is 11.8 Å². The standard InChI is InChI=1S/C11H12ClN3O6S/c1-4(16)15(12)11(20)21-2-5-3-22-9-6(13)8(17)14(9)7(5)10(18)19/h6,9H,2-3,13H2,1H3,(H,18,19)/t6-,9-/m1/s1. The van der Waals surface area contributed by atoms with Gasteiger partial charge in [0.15, 0.2) is 0 Å². The molecule has 9 nitrogen and oxygen atoms in total. The largest absolute Gasteiger partial charge is 0.477 e. The Hall–Kier alpha value is -1.78. The van der Waals surface area contributed by atoms with Gasteiger partial charge in [0.25, 0.3) is 0 Å². The molecule has 0 aromatic heterocycles. The number of ether oxygens (including phenoxy) is 1. The van der Waals surface area contributed by atoms with E-state index in [0.29, 0.717) is 0 Å². The highest BCUT2D eigenvalue weighted by atomic mass is 35.5. The number of amides is 3. The molecule has 0 bridgehead atoms. The van der Waals surface area contributed by atoms with Crippen LogP contribution in [0.25, 0.3) is 0 Å². The Balaban J connectivity index is 2.14. The summed E-state index contributed by atoms with van der Waals surface area (Å²) in [6.45, 7) is 0.674. The maximum absolute atomic E-state index is 11.7. The predicted molar refractivity (Wildman–Crippen MR) is 75.5 cm³/mol. The van der Waals surface area contributed by atoms with Crippen LogP contribution in [0.5, 0.6) is 0 Å². The summed E-state index contributed by atoms with van der Waals surface area (Å²) in [4.78, 5) is 46.5. The van der Waals surface area contributed by atoms with Gasteiger partial charge in [-0.2, -0.15) is 4.42 Å². The lowest BCUT2D eigenvalue weighted by molar-refractivity contribution is -0.148. The summed E-state index contributed by atoms with van der Waals surface area (Å²) >= 11 is 6.65. The molecule has 0 saturated carbocycles. The van der Waals surface area contributed by atoms with E-state index in [4.69, 9.17) is 22.2 Å². The van der Waals surface area contributed by atoms with Crippen LogP contribution >= 0.6 is 23.5 Å². The summed E-state index contributed by atoms with van der Waals surface area (Å²) in [5, 5.41) is 8.83. The third kappa shape index (κ3) is 2.76. The van der Waals surface area contributed by atoms with Gasteiger partial charge in [-0.1, -0.05) is 0 Å². The van der Waals surface area contributed by atoms with Crippen LogP contribution in [0, 0.1) is 0 Å². The second-order valence-electron chi connectivity index (χ2n) is 4.55. The van der Waals surface area contributed by atoms with Crippen LogP contribution in [0.1, 0.15) is 6.92 Å². The van der Waals surface area contributed by atoms with Crippen LogP contribution in [0.4, 0.5) is 4.79 Å². The SMILES string of the molecule is CC(=O)N(Cl)C(=O)OCC1=C(C(=O)O)N2C(=O)[C@@H](N)[C@H]2SC1. The number of hydrogen-bond donors (Lipinski definition) is 2. The topological polar surface area (TPSA) is 130 Å². The Kier molecular flexibility index (Phi) is 4.63. The van der Waals surface area contributed by atoms with Gasteiger partial charge in [0, 0.05) is 30.0 Å². The average molecular weight is 350 g/mol. The van der Waals surface area contributed by atoms with Gasteiger partial charge < -0.3 is 15.6 Å². The first-order valence-electron chi connectivity index (χ1n) is 6.04. The number of imide groups is 1. The number of nitrogens with two attached hydrogens (primary N) is 1. The van der Waals surface area contributed by atoms with Gasteiger partial charge in [-0.3, -0.25) is 14.5 Å². The number of β-lactam (4-membered cyclic amide) rings is 1. The van der Waals surface area contributed by atoms with E-state index in [9.17, 15) is 24.3 Å². The number of thioether (sulfide) groups is 1. The molecule has 2 rings (SSSR count). The highest BCUT2D eigenvalue weighted by Crippen LogP contribution is 2.39. The number of halogens is 1. The molecule has 22 heavy (non-hydrogen) atoms. The molecule has 3 N–H and O–H groups in total. The number of rotatable bonds is 3. The molecule has 2 aliphatic heterocycles. The van der Waals surface area contributed by atoms with Gasteiger partial charge in [0.2, 0.25) is 11.8 Å². The molecule has 0 spiro atoms. The maximum atomic E-state index is 11.7. The highest BCUT2D eigenvalue weighted by molar-refractivity contribution is 8.00. The summed E-state index contributed by atoms with van der Waals surface area (Å²) in [5.41, 5.74) is 5.59. The number of aliphatic carboxylic acids is 1. The number of carbonyl (C=O) groups is 4. The predicted octanol–water partition coefficient (Wildman–Crippen LogP) is -0.294. The normalized spacial score (nSPS) is 23.6. The minimum Gasteiger partial charge on any atom is -0.477 e. The van der Waals surface area contributed by atoms with E-state index in [1.807, 2.05) is 0 Å². The Morgan fingerprint density at radius 1 is 1.55 bits per heavy atom. The molecule has 2 aliphatic rings. The first-order valence-corrected chi connectivity index (χ1v) is 7.43. The molecule has 0 unspecified atom stereocenters. The Bertz CT molecular complexity index is 594. The molecular formula is C11H12ClN3O6S. The molecule has 0 aromatic rings. The number of hydrogen-bond acceptors (Lipinski definition) is 7. The van der Waals surface area contributed by atoms with Crippen molar-refractivity contribution < 1.29 is 29.0 Å². The molecule has 0 aliphatic carbocycles. The number of nitrogens with zero attached hydrogens (tertiary/aromatic N) is 2. The van der Waals surface area contributed by atoms with Crippen LogP contribution in [-0.4, -0.2) is 62.1 Å². The molecule has 2 atom stereocenters. The molecule has 3 amide bonds. The van der Waals surface area contributed by atoms with E-state index >= 15 is 0 Å². The molecule has 1 saturated heterocycles. The molecular weight excluding hydrogens is 338 g/mol. The van der Waals surface area contributed by atoms with Crippen LogP contribution in [0.2, 0.25) is 0 Å². The van der Waals surface area contributed by atoms with Gasteiger partial charge in [0.1, 0.15) is 23.7 Å². The Morgan fingerprint density at radius 3 is 2.73 bits per heavy atom. The lowest BCUT2D eigenvalue weighted by atomic mass is 10.0. The van der Waals surface area contributed by atoms with E-state index < -0.39 is 41.9 Å². The maximum Gasteiger partial charge on any atom is 0.432 e. The zero-order chi connectivity index (χ0) is 16.6. The highest BCUT2D eigenvalue weighted by Gasteiger charge is 2.51. The van der Waals surface area contributed by atoms with Crippen LogP contribution in [-0.2, 0) is 19.1 Å². The summed E-state index contributed by atoms with van der Waals surface area (Å²) in [5.74, 6) is -2.31. The summed E-state index contributed by atoms with van der Waals surface area (Å²) in [6, 6.07) is -0.737. The molecule has 0 radical (unpaired) electrons. The van der Waals surface area contributed by atoms with Crippen molar-refractivity contribution in [3.05, 3.63) is 11.3 Å². The fraction of sp³-hybridized carbons (Fsp3) is 0.455. The average Bonchev–Trinajstić information content (AvgIpc) is 2.49. The lowest BCUT2D eigenvalue weighted by Crippen LogP contribution is -2.68. The smallest absolute Gasteiger partial charge is 0.432 e. The summed E-state index contributed by atoms with van der Waals surface area (Å²) in [7, 11) is 0. The van der Waals surface area contributed by atoms with Crippen molar-refractivity contribution in [3.8, 4) is 0 Å². The minimum absolute atomic E-state index is 0.232. The van der Waals surface area contributed by atoms with Crippen molar-refractivity contribution in [1.82, 2.24) is 9.32 Å². The fourth-order valence-corrected chi connectivity index (χ4v) is 3.35. The van der Waals surface area contributed by atoms with Crippen LogP contribution in [0.15, 0.2) is 11.3 Å². The molecule has 11 heteroatoms. The van der Waals surface area contributed by atoms with Gasteiger partial charge in [-0.05, 0) is 0 Å². The van der Waals surface area contributed by atoms with Crippen LogP contribution in [0.3, 0.4) is 0 Å².